The number of sulfonamides is 1. The van der Waals surface area contributed by atoms with Crippen LogP contribution in [0.1, 0.15) is 33.2 Å². The van der Waals surface area contributed by atoms with Gasteiger partial charge in [0.25, 0.3) is 5.91 Å². The first kappa shape index (κ1) is 26.8. The largest absolute Gasteiger partial charge is 0.462 e. The number of anilines is 1. The van der Waals surface area contributed by atoms with E-state index in [0.717, 1.165) is 5.56 Å². The van der Waals surface area contributed by atoms with Crippen molar-refractivity contribution in [2.45, 2.75) is 18.4 Å². The summed E-state index contributed by atoms with van der Waals surface area (Å²) in [6.07, 6.45) is 0. The van der Waals surface area contributed by atoms with Crippen LogP contribution in [0.5, 0.6) is 0 Å². The van der Waals surface area contributed by atoms with Gasteiger partial charge in [0, 0.05) is 44.0 Å². The monoisotopic (exact) mass is 541 g/mol. The average molecular weight is 542 g/mol. The minimum absolute atomic E-state index is 0.188. The Morgan fingerprint density at radius 1 is 0.946 bits per heavy atom. The summed E-state index contributed by atoms with van der Waals surface area (Å²) in [6.45, 7) is 4.67. The van der Waals surface area contributed by atoms with Crippen LogP contribution in [0.3, 0.4) is 0 Å². The van der Waals surface area contributed by atoms with Crippen molar-refractivity contribution in [3.8, 4) is 0 Å². The van der Waals surface area contributed by atoms with Crippen molar-refractivity contribution in [3.05, 3.63) is 94.5 Å². The molecule has 1 fully saturated rings. The minimum atomic E-state index is -3.48. The third-order valence-electron chi connectivity index (χ3n) is 6.05. The highest BCUT2D eigenvalue weighted by Gasteiger charge is 2.28. The van der Waals surface area contributed by atoms with Gasteiger partial charge in [0.05, 0.1) is 22.1 Å². The molecule has 0 bridgehead atoms. The number of amides is 1. The Hall–Kier alpha value is -3.24. The van der Waals surface area contributed by atoms with Gasteiger partial charge in [-0.15, -0.1) is 0 Å². The Labute approximate surface area is 221 Å². The second-order valence-corrected chi connectivity index (χ2v) is 10.9. The number of carbonyl (C=O) groups excluding carboxylic acids is 2. The fourth-order valence-electron chi connectivity index (χ4n) is 4.06. The Balaban J connectivity index is 1.32. The van der Waals surface area contributed by atoms with Gasteiger partial charge in [-0.3, -0.25) is 9.69 Å². The van der Waals surface area contributed by atoms with Gasteiger partial charge in [0.2, 0.25) is 10.0 Å². The second-order valence-electron chi connectivity index (χ2n) is 8.56. The third-order valence-corrected chi connectivity index (χ3v) is 8.30. The molecule has 1 saturated heterocycles. The number of benzene rings is 3. The quantitative estimate of drug-likeness (QED) is 0.428. The van der Waals surface area contributed by atoms with E-state index in [1.807, 2.05) is 12.1 Å². The molecule has 1 aliphatic heterocycles. The molecule has 1 N–H and O–H groups in total. The van der Waals surface area contributed by atoms with E-state index < -0.39 is 16.0 Å². The summed E-state index contributed by atoms with van der Waals surface area (Å²) >= 11 is 6.09. The maximum absolute atomic E-state index is 12.8. The Kier molecular flexibility index (Phi) is 8.60. The van der Waals surface area contributed by atoms with Crippen LogP contribution in [0.25, 0.3) is 0 Å². The molecule has 0 radical (unpaired) electrons. The van der Waals surface area contributed by atoms with Crippen LogP contribution in [-0.2, 0) is 21.3 Å². The molecule has 1 heterocycles. The molecule has 0 atom stereocenters. The normalized spacial score (nSPS) is 14.8. The Morgan fingerprint density at radius 3 is 2.27 bits per heavy atom. The summed E-state index contributed by atoms with van der Waals surface area (Å²) in [6, 6.07) is 20.4. The topological polar surface area (TPSA) is 96.0 Å². The van der Waals surface area contributed by atoms with Crippen LogP contribution in [0, 0.1) is 0 Å². The van der Waals surface area contributed by atoms with Gasteiger partial charge >= 0.3 is 5.97 Å². The van der Waals surface area contributed by atoms with Gasteiger partial charge < -0.3 is 10.1 Å². The van der Waals surface area contributed by atoms with Gasteiger partial charge in [-0.05, 0) is 55.0 Å². The highest BCUT2D eigenvalue weighted by Crippen LogP contribution is 2.23. The number of carbonyl (C=O) groups is 2. The second kappa shape index (κ2) is 11.9. The van der Waals surface area contributed by atoms with Gasteiger partial charge in [-0.1, -0.05) is 41.9 Å². The van der Waals surface area contributed by atoms with Gasteiger partial charge in [0.15, 0.2) is 0 Å². The predicted molar refractivity (Wildman–Crippen MR) is 142 cm³/mol. The first-order valence-electron chi connectivity index (χ1n) is 11.9. The predicted octanol–water partition coefficient (Wildman–Crippen LogP) is 4.28. The summed E-state index contributed by atoms with van der Waals surface area (Å²) < 4.78 is 32.2. The lowest BCUT2D eigenvalue weighted by Crippen LogP contribution is -2.48. The number of rotatable bonds is 8. The summed E-state index contributed by atoms with van der Waals surface area (Å²) in [5.74, 6) is -0.866. The third kappa shape index (κ3) is 6.56. The van der Waals surface area contributed by atoms with Crippen LogP contribution in [-0.4, -0.2) is 62.3 Å². The maximum Gasteiger partial charge on any atom is 0.339 e. The molecule has 0 unspecified atom stereocenters. The highest BCUT2D eigenvalue weighted by molar-refractivity contribution is 7.89. The first-order chi connectivity index (χ1) is 17.8. The number of piperazine rings is 1. The van der Waals surface area contributed by atoms with E-state index in [9.17, 15) is 18.0 Å². The maximum atomic E-state index is 12.8. The van der Waals surface area contributed by atoms with Crippen LogP contribution in [0.4, 0.5) is 5.69 Å². The van der Waals surface area contributed by atoms with E-state index in [1.165, 1.54) is 16.4 Å². The van der Waals surface area contributed by atoms with Gasteiger partial charge in [-0.25, -0.2) is 13.2 Å². The van der Waals surface area contributed by atoms with Gasteiger partial charge in [-0.2, -0.15) is 4.31 Å². The van der Waals surface area contributed by atoms with Crippen molar-refractivity contribution >= 4 is 39.2 Å². The average Bonchev–Trinajstić information content (AvgIpc) is 2.91. The molecule has 0 spiro atoms. The summed E-state index contributed by atoms with van der Waals surface area (Å²) in [5.41, 5.74) is 2.11. The molecule has 8 nitrogen and oxygen atoms in total. The number of ether oxygens (including phenoxy) is 1. The van der Waals surface area contributed by atoms with Crippen molar-refractivity contribution < 1.29 is 22.7 Å². The molecule has 1 amide bonds. The number of esters is 1. The molecular weight excluding hydrogens is 514 g/mol. The van der Waals surface area contributed by atoms with E-state index in [0.29, 0.717) is 48.9 Å². The molecule has 0 aromatic heterocycles. The SMILES string of the molecule is CCOC(=O)c1cc(NC(=O)c2ccc(CN3CCN(S(=O)(=O)c4ccccc4)CC3)cc2)ccc1Cl. The van der Waals surface area contributed by atoms with Crippen LogP contribution in [0.2, 0.25) is 5.02 Å². The zero-order valence-corrected chi connectivity index (χ0v) is 22.0. The summed E-state index contributed by atoms with van der Waals surface area (Å²) in [7, 11) is -3.48. The lowest BCUT2D eigenvalue weighted by molar-refractivity contribution is 0.0526. The first-order valence-corrected chi connectivity index (χ1v) is 13.7. The van der Waals surface area contributed by atoms with E-state index in [2.05, 4.69) is 10.2 Å². The Morgan fingerprint density at radius 2 is 1.62 bits per heavy atom. The molecule has 194 valence electrons. The molecule has 3 aromatic rings. The number of nitrogens with one attached hydrogen (secondary N) is 1. The fourth-order valence-corrected chi connectivity index (χ4v) is 5.70. The molecule has 0 saturated carbocycles. The molecule has 4 rings (SSSR count). The fraction of sp³-hybridized carbons (Fsp3) is 0.259. The van der Waals surface area contributed by atoms with Crippen LogP contribution >= 0.6 is 11.6 Å². The highest BCUT2D eigenvalue weighted by atomic mass is 35.5. The molecular formula is C27H28ClN3O5S. The van der Waals surface area contributed by atoms with Crippen LogP contribution in [0.15, 0.2) is 77.7 Å². The van der Waals surface area contributed by atoms with Gasteiger partial charge in [0.1, 0.15) is 0 Å². The van der Waals surface area contributed by atoms with Crippen molar-refractivity contribution in [1.82, 2.24) is 9.21 Å². The smallest absolute Gasteiger partial charge is 0.339 e. The standard InChI is InChI=1S/C27H28ClN3O5S/c1-2-36-27(33)24-18-22(12-13-25(24)28)29-26(32)21-10-8-20(9-11-21)19-30-14-16-31(17-15-30)37(34,35)23-6-4-3-5-7-23/h3-13,18H,2,14-17,19H2,1H3,(H,29,32). The summed E-state index contributed by atoms with van der Waals surface area (Å²) in [4.78, 5) is 27.3. The van der Waals surface area contributed by atoms with Crippen molar-refractivity contribution in [3.63, 3.8) is 0 Å². The summed E-state index contributed by atoms with van der Waals surface area (Å²) in [5, 5.41) is 3.03. The lowest BCUT2D eigenvalue weighted by Gasteiger charge is -2.34. The number of nitrogens with zero attached hydrogens (tertiary/aromatic N) is 2. The Bertz CT molecular complexity index is 1360. The zero-order chi connectivity index (χ0) is 26.4. The van der Waals surface area contributed by atoms with Crippen molar-refractivity contribution in [2.75, 3.05) is 38.1 Å². The van der Waals surface area contributed by atoms with E-state index in [1.54, 1.807) is 55.5 Å². The zero-order valence-electron chi connectivity index (χ0n) is 20.4. The van der Waals surface area contributed by atoms with Crippen molar-refractivity contribution in [2.24, 2.45) is 0 Å². The molecule has 0 aliphatic carbocycles. The van der Waals surface area contributed by atoms with E-state index >= 15 is 0 Å². The molecule has 37 heavy (non-hydrogen) atoms. The number of hydrogen-bond acceptors (Lipinski definition) is 6. The molecule has 3 aromatic carbocycles. The van der Waals surface area contributed by atoms with Crippen molar-refractivity contribution in [1.29, 1.82) is 0 Å². The lowest BCUT2D eigenvalue weighted by atomic mass is 10.1. The number of halogens is 1. The van der Waals surface area contributed by atoms with E-state index in [-0.39, 0.29) is 23.1 Å². The van der Waals surface area contributed by atoms with Crippen LogP contribution < -0.4 is 5.32 Å². The minimum Gasteiger partial charge on any atom is -0.462 e. The van der Waals surface area contributed by atoms with E-state index in [4.69, 9.17) is 16.3 Å². The number of hydrogen-bond donors (Lipinski definition) is 1. The molecule has 10 heteroatoms. The molecule has 1 aliphatic rings.